The lowest BCUT2D eigenvalue weighted by Gasteiger charge is -2.22. The first-order valence-electron chi connectivity index (χ1n) is 4.93. The van der Waals surface area contributed by atoms with E-state index in [2.05, 4.69) is 24.3 Å². The molecule has 0 unspecified atom stereocenters. The second kappa shape index (κ2) is 4.67. The number of allylic oxidation sites excluding steroid dienone is 1. The number of hydrogen-bond donors (Lipinski definition) is 1. The van der Waals surface area contributed by atoms with Crippen molar-refractivity contribution >= 4 is 11.8 Å². The number of aliphatic hydroxyl groups is 1. The Labute approximate surface area is 88.8 Å². The summed E-state index contributed by atoms with van der Waals surface area (Å²) in [7, 11) is 0. The zero-order chi connectivity index (χ0) is 9.80. The first kappa shape index (κ1) is 9.81. The van der Waals surface area contributed by atoms with Gasteiger partial charge < -0.3 is 5.11 Å². The minimum Gasteiger partial charge on any atom is -0.392 e. The van der Waals surface area contributed by atoms with Crippen LogP contribution < -0.4 is 0 Å². The Bertz CT molecular complexity index is 307. The van der Waals surface area contributed by atoms with Crippen molar-refractivity contribution < 1.29 is 5.11 Å². The first-order valence-corrected chi connectivity index (χ1v) is 5.80. The van der Waals surface area contributed by atoms with Gasteiger partial charge in [0.05, 0.1) is 11.4 Å². The molecule has 0 aliphatic heterocycles. The summed E-state index contributed by atoms with van der Waals surface area (Å²) >= 11 is 1.74. The van der Waals surface area contributed by atoms with E-state index in [0.29, 0.717) is 0 Å². The fraction of sp³-hybridized carbons (Fsp3) is 0.333. The molecule has 74 valence electrons. The van der Waals surface area contributed by atoms with Crippen molar-refractivity contribution in [1.29, 1.82) is 0 Å². The molecule has 1 N–H and O–H groups in total. The molecule has 0 heterocycles. The second-order valence-corrected chi connectivity index (χ2v) is 4.72. The molecule has 0 radical (unpaired) electrons. The summed E-state index contributed by atoms with van der Waals surface area (Å²) in [5.74, 6) is 0. The highest BCUT2D eigenvalue weighted by molar-refractivity contribution is 8.00. The predicted octanol–water partition coefficient (Wildman–Crippen LogP) is 2.86. The molecule has 1 aliphatic carbocycles. The minimum atomic E-state index is -0.190. The Hall–Kier alpha value is -0.730. The van der Waals surface area contributed by atoms with Crippen molar-refractivity contribution in [3.05, 3.63) is 42.5 Å². The van der Waals surface area contributed by atoms with Gasteiger partial charge in [0.25, 0.3) is 0 Å². The zero-order valence-corrected chi connectivity index (χ0v) is 8.78. The monoisotopic (exact) mass is 206 g/mol. The van der Waals surface area contributed by atoms with Crippen molar-refractivity contribution in [1.82, 2.24) is 0 Å². The van der Waals surface area contributed by atoms with Crippen LogP contribution in [-0.4, -0.2) is 16.5 Å². The summed E-state index contributed by atoms with van der Waals surface area (Å²) in [6.45, 7) is 0. The molecular formula is C12H14OS. The quantitative estimate of drug-likeness (QED) is 0.751. The maximum atomic E-state index is 9.76. The van der Waals surface area contributed by atoms with Crippen LogP contribution in [0.4, 0.5) is 0 Å². The van der Waals surface area contributed by atoms with E-state index in [0.717, 1.165) is 12.8 Å². The van der Waals surface area contributed by atoms with Crippen LogP contribution in [0.25, 0.3) is 0 Å². The molecule has 1 nitrogen and oxygen atoms in total. The molecule has 0 saturated heterocycles. The topological polar surface area (TPSA) is 20.2 Å². The third-order valence-corrected chi connectivity index (χ3v) is 3.64. The van der Waals surface area contributed by atoms with Gasteiger partial charge in [0.2, 0.25) is 0 Å². The normalized spacial score (nSPS) is 26.4. The van der Waals surface area contributed by atoms with Crippen LogP contribution in [0.1, 0.15) is 12.8 Å². The number of aliphatic hydroxyl groups excluding tert-OH is 1. The molecule has 0 spiro atoms. The van der Waals surface area contributed by atoms with Gasteiger partial charge in [0.15, 0.2) is 0 Å². The Morgan fingerprint density at radius 3 is 2.71 bits per heavy atom. The number of benzene rings is 1. The van der Waals surface area contributed by atoms with Crippen LogP contribution in [0.2, 0.25) is 0 Å². The highest BCUT2D eigenvalue weighted by Gasteiger charge is 2.19. The van der Waals surface area contributed by atoms with E-state index < -0.39 is 0 Å². The summed E-state index contributed by atoms with van der Waals surface area (Å²) in [5.41, 5.74) is 0. The van der Waals surface area contributed by atoms with E-state index in [1.54, 1.807) is 11.8 Å². The van der Waals surface area contributed by atoms with E-state index >= 15 is 0 Å². The molecule has 1 aliphatic rings. The lowest BCUT2D eigenvalue weighted by Crippen LogP contribution is -2.23. The van der Waals surface area contributed by atoms with Crippen molar-refractivity contribution in [2.45, 2.75) is 29.1 Å². The molecule has 2 heteroatoms. The van der Waals surface area contributed by atoms with Gasteiger partial charge in [0.1, 0.15) is 0 Å². The van der Waals surface area contributed by atoms with Gasteiger partial charge in [-0.2, -0.15) is 0 Å². The minimum absolute atomic E-state index is 0.190. The number of hydrogen-bond acceptors (Lipinski definition) is 2. The van der Waals surface area contributed by atoms with E-state index in [9.17, 15) is 5.11 Å². The van der Waals surface area contributed by atoms with Crippen LogP contribution in [0.5, 0.6) is 0 Å². The lowest BCUT2D eigenvalue weighted by molar-refractivity contribution is 0.169. The highest BCUT2D eigenvalue weighted by Crippen LogP contribution is 2.29. The van der Waals surface area contributed by atoms with Crippen LogP contribution in [-0.2, 0) is 0 Å². The summed E-state index contributed by atoms with van der Waals surface area (Å²) in [4.78, 5) is 1.23. The molecule has 0 amide bonds. The SMILES string of the molecule is O[C@@H]1CCC=C[C@H]1Sc1ccccc1. The highest BCUT2D eigenvalue weighted by atomic mass is 32.2. The predicted molar refractivity (Wildman–Crippen MR) is 60.5 cm³/mol. The van der Waals surface area contributed by atoms with Gasteiger partial charge in [-0.3, -0.25) is 0 Å². The average molecular weight is 206 g/mol. The Morgan fingerprint density at radius 2 is 2.00 bits per heavy atom. The second-order valence-electron chi connectivity index (χ2n) is 3.47. The van der Waals surface area contributed by atoms with Crippen molar-refractivity contribution in [3.63, 3.8) is 0 Å². The standard InChI is InChI=1S/C12H14OS/c13-11-8-4-5-9-12(11)14-10-6-2-1-3-7-10/h1-3,5-7,9,11-13H,4,8H2/t11-,12-/m1/s1. The molecule has 0 saturated carbocycles. The molecular weight excluding hydrogens is 192 g/mol. The summed E-state index contributed by atoms with van der Waals surface area (Å²) in [5, 5.41) is 9.99. The summed E-state index contributed by atoms with van der Waals surface area (Å²) in [6, 6.07) is 10.2. The number of thioether (sulfide) groups is 1. The molecule has 14 heavy (non-hydrogen) atoms. The molecule has 0 fully saturated rings. The van der Waals surface area contributed by atoms with Crippen molar-refractivity contribution in [3.8, 4) is 0 Å². The van der Waals surface area contributed by atoms with Gasteiger partial charge in [-0.1, -0.05) is 30.4 Å². The van der Waals surface area contributed by atoms with Gasteiger partial charge in [-0.05, 0) is 25.0 Å². The zero-order valence-electron chi connectivity index (χ0n) is 7.97. The Morgan fingerprint density at radius 1 is 1.21 bits per heavy atom. The maximum Gasteiger partial charge on any atom is 0.0700 e. The van der Waals surface area contributed by atoms with E-state index in [-0.39, 0.29) is 11.4 Å². The van der Waals surface area contributed by atoms with Crippen LogP contribution in [0.15, 0.2) is 47.4 Å². The molecule has 2 rings (SSSR count). The fourth-order valence-electron chi connectivity index (χ4n) is 1.56. The van der Waals surface area contributed by atoms with E-state index in [1.165, 1.54) is 4.90 Å². The fourth-order valence-corrected chi connectivity index (χ4v) is 2.68. The Kier molecular flexibility index (Phi) is 3.27. The van der Waals surface area contributed by atoms with Crippen LogP contribution in [0.3, 0.4) is 0 Å². The number of rotatable bonds is 2. The summed E-state index contributed by atoms with van der Waals surface area (Å²) in [6.07, 6.45) is 5.98. The Balaban J connectivity index is 2.03. The third-order valence-electron chi connectivity index (χ3n) is 2.35. The molecule has 1 aromatic rings. The average Bonchev–Trinajstić information content (AvgIpc) is 2.23. The molecule has 0 bridgehead atoms. The largest absolute Gasteiger partial charge is 0.392 e. The molecule has 1 aromatic carbocycles. The van der Waals surface area contributed by atoms with Gasteiger partial charge in [-0.15, -0.1) is 11.8 Å². The van der Waals surface area contributed by atoms with Gasteiger partial charge >= 0.3 is 0 Å². The smallest absolute Gasteiger partial charge is 0.0700 e. The van der Waals surface area contributed by atoms with Gasteiger partial charge in [0, 0.05) is 4.90 Å². The first-order chi connectivity index (χ1) is 6.86. The van der Waals surface area contributed by atoms with Gasteiger partial charge in [-0.25, -0.2) is 0 Å². The third kappa shape index (κ3) is 2.40. The van der Waals surface area contributed by atoms with Crippen LogP contribution in [0, 0.1) is 0 Å². The van der Waals surface area contributed by atoms with Crippen molar-refractivity contribution in [2.75, 3.05) is 0 Å². The van der Waals surface area contributed by atoms with E-state index in [4.69, 9.17) is 0 Å². The van der Waals surface area contributed by atoms with Crippen molar-refractivity contribution in [2.24, 2.45) is 0 Å². The lowest BCUT2D eigenvalue weighted by atomic mass is 10.0. The molecule has 0 aromatic heterocycles. The summed E-state index contributed by atoms with van der Waals surface area (Å²) < 4.78 is 0. The van der Waals surface area contributed by atoms with Crippen LogP contribution >= 0.6 is 11.8 Å². The van der Waals surface area contributed by atoms with E-state index in [1.807, 2.05) is 18.2 Å². The molecule has 2 atom stereocenters. The maximum absolute atomic E-state index is 9.76.